The molecule has 0 radical (unpaired) electrons. The van der Waals surface area contributed by atoms with E-state index < -0.39 is 0 Å². The van der Waals surface area contributed by atoms with E-state index in [0.717, 1.165) is 18.5 Å². The smallest absolute Gasteiger partial charge is 0.0227 e. The topological polar surface area (TPSA) is 15.3 Å². The summed E-state index contributed by atoms with van der Waals surface area (Å²) in [6, 6.07) is 9.60. The molecule has 3 aliphatic rings. The zero-order valence-corrected chi connectivity index (χ0v) is 13.1. The van der Waals surface area contributed by atoms with Gasteiger partial charge in [-0.15, -0.1) is 24.8 Å². The Hall–Kier alpha value is -0.280. The molecule has 3 aliphatic heterocycles. The number of hydrogen-bond donors (Lipinski definition) is 1. The van der Waals surface area contributed by atoms with Crippen LogP contribution in [0.2, 0.25) is 0 Å². The molecule has 1 aromatic carbocycles. The average Bonchev–Trinajstić information content (AvgIpc) is 2.39. The van der Waals surface area contributed by atoms with Crippen LogP contribution in [0.4, 0.5) is 0 Å². The molecule has 1 atom stereocenters. The quantitative estimate of drug-likeness (QED) is 0.923. The van der Waals surface area contributed by atoms with Crippen molar-refractivity contribution in [1.29, 1.82) is 0 Å². The molecule has 0 spiro atoms. The van der Waals surface area contributed by atoms with E-state index in [0.29, 0.717) is 0 Å². The summed E-state index contributed by atoms with van der Waals surface area (Å²) in [4.78, 5) is 2.60. The molecule has 0 aromatic heterocycles. The first-order valence-electron chi connectivity index (χ1n) is 6.82. The lowest BCUT2D eigenvalue weighted by atomic mass is 9.84. The van der Waals surface area contributed by atoms with Gasteiger partial charge < -0.3 is 10.2 Å². The number of hydrogen-bond acceptors (Lipinski definition) is 2. The first kappa shape index (κ1) is 16.8. The fourth-order valence-corrected chi connectivity index (χ4v) is 3.15. The molecule has 4 rings (SSSR count). The Balaban J connectivity index is 0.000000902. The van der Waals surface area contributed by atoms with Gasteiger partial charge in [0.1, 0.15) is 0 Å². The molecular formula is C15H24Cl2N2. The largest absolute Gasteiger partial charge is 0.308 e. The highest BCUT2D eigenvalue weighted by molar-refractivity contribution is 5.85. The Labute approximate surface area is 128 Å². The molecule has 0 aliphatic carbocycles. The van der Waals surface area contributed by atoms with Crippen LogP contribution in [0, 0.1) is 12.8 Å². The first-order valence-corrected chi connectivity index (χ1v) is 6.82. The van der Waals surface area contributed by atoms with E-state index in [9.17, 15) is 0 Å². The van der Waals surface area contributed by atoms with Gasteiger partial charge in [0.05, 0.1) is 0 Å². The first-order chi connectivity index (χ1) is 8.31. The lowest BCUT2D eigenvalue weighted by molar-refractivity contribution is 0.0720. The molecule has 1 unspecified atom stereocenters. The fourth-order valence-electron chi connectivity index (χ4n) is 3.15. The van der Waals surface area contributed by atoms with Crippen LogP contribution < -0.4 is 5.32 Å². The van der Waals surface area contributed by atoms with Gasteiger partial charge >= 0.3 is 0 Å². The van der Waals surface area contributed by atoms with Crippen LogP contribution in [-0.2, 0) is 6.54 Å². The normalized spacial score (nSPS) is 28.4. The number of benzene rings is 1. The van der Waals surface area contributed by atoms with Gasteiger partial charge in [-0.2, -0.15) is 0 Å². The summed E-state index contributed by atoms with van der Waals surface area (Å²) in [6.45, 7) is 7.08. The summed E-state index contributed by atoms with van der Waals surface area (Å²) < 4.78 is 0. The minimum absolute atomic E-state index is 0. The number of aryl methyl sites for hydroxylation is 1. The van der Waals surface area contributed by atoms with E-state index in [1.54, 1.807) is 0 Å². The van der Waals surface area contributed by atoms with Crippen molar-refractivity contribution in [1.82, 2.24) is 10.2 Å². The number of rotatable bonds is 3. The third kappa shape index (κ3) is 4.09. The molecule has 4 heteroatoms. The van der Waals surface area contributed by atoms with Crippen LogP contribution in [0.25, 0.3) is 0 Å². The summed E-state index contributed by atoms with van der Waals surface area (Å²) >= 11 is 0. The van der Waals surface area contributed by atoms with Crippen molar-refractivity contribution < 1.29 is 0 Å². The van der Waals surface area contributed by atoms with E-state index in [-0.39, 0.29) is 24.8 Å². The molecular weight excluding hydrogens is 279 g/mol. The Kier molecular flexibility index (Phi) is 6.61. The van der Waals surface area contributed by atoms with Gasteiger partial charge in [0, 0.05) is 19.1 Å². The second-order valence-electron chi connectivity index (χ2n) is 5.61. The minimum atomic E-state index is 0. The molecule has 0 amide bonds. The van der Waals surface area contributed by atoms with Gasteiger partial charge in [0.15, 0.2) is 0 Å². The third-order valence-corrected chi connectivity index (χ3v) is 4.35. The van der Waals surface area contributed by atoms with Crippen LogP contribution in [0.3, 0.4) is 0 Å². The van der Waals surface area contributed by atoms with Crippen molar-refractivity contribution in [3.05, 3.63) is 35.4 Å². The van der Waals surface area contributed by atoms with Crippen molar-refractivity contribution >= 4 is 24.8 Å². The van der Waals surface area contributed by atoms with Gasteiger partial charge in [-0.1, -0.05) is 29.8 Å². The molecule has 0 saturated carbocycles. The maximum atomic E-state index is 3.75. The summed E-state index contributed by atoms with van der Waals surface area (Å²) in [5, 5.41) is 3.75. The highest BCUT2D eigenvalue weighted by Gasteiger charge is 2.33. The van der Waals surface area contributed by atoms with E-state index in [1.165, 1.54) is 43.6 Å². The number of piperidine rings is 3. The molecule has 3 fully saturated rings. The van der Waals surface area contributed by atoms with Gasteiger partial charge in [0.2, 0.25) is 0 Å². The van der Waals surface area contributed by atoms with Crippen molar-refractivity contribution in [3.8, 4) is 0 Å². The van der Waals surface area contributed by atoms with E-state index in [1.807, 2.05) is 0 Å². The lowest BCUT2D eigenvalue weighted by Crippen LogP contribution is -2.55. The van der Waals surface area contributed by atoms with Crippen LogP contribution in [-0.4, -0.2) is 30.6 Å². The number of halogens is 2. The highest BCUT2D eigenvalue weighted by Crippen LogP contribution is 2.27. The average molecular weight is 303 g/mol. The van der Waals surface area contributed by atoms with Crippen molar-refractivity contribution in [3.63, 3.8) is 0 Å². The minimum Gasteiger partial charge on any atom is -0.308 e. The predicted octanol–water partition coefficient (Wildman–Crippen LogP) is 3.02. The number of fused-ring (bicyclic) bond motifs is 3. The molecule has 108 valence electrons. The molecule has 2 nitrogen and oxygen atoms in total. The van der Waals surface area contributed by atoms with Gasteiger partial charge in [-0.05, 0) is 44.3 Å². The number of nitrogens with zero attached hydrogens (tertiary/aromatic N) is 1. The summed E-state index contributed by atoms with van der Waals surface area (Å²) in [7, 11) is 0. The zero-order valence-electron chi connectivity index (χ0n) is 11.5. The standard InChI is InChI=1S/C15H22N2.2ClH/c1-12-2-4-13(5-3-12)10-16-15-11-17-8-6-14(15)7-9-17;;/h2-5,14-16H,6-11H2,1H3;2*1H. The van der Waals surface area contributed by atoms with Crippen LogP contribution in [0.5, 0.6) is 0 Å². The molecule has 19 heavy (non-hydrogen) atoms. The highest BCUT2D eigenvalue weighted by atomic mass is 35.5. The number of nitrogens with one attached hydrogen (secondary N) is 1. The van der Waals surface area contributed by atoms with Gasteiger partial charge in [0.25, 0.3) is 0 Å². The Morgan fingerprint density at radius 3 is 2.26 bits per heavy atom. The van der Waals surface area contributed by atoms with Crippen molar-refractivity contribution in [2.45, 2.75) is 32.4 Å². The summed E-state index contributed by atoms with van der Waals surface area (Å²) in [5.74, 6) is 0.922. The van der Waals surface area contributed by atoms with Crippen LogP contribution in [0.1, 0.15) is 24.0 Å². The zero-order chi connectivity index (χ0) is 11.7. The van der Waals surface area contributed by atoms with E-state index in [2.05, 4.69) is 41.4 Å². The molecule has 3 heterocycles. The third-order valence-electron chi connectivity index (χ3n) is 4.35. The Morgan fingerprint density at radius 1 is 1.11 bits per heavy atom. The summed E-state index contributed by atoms with van der Waals surface area (Å²) in [5.41, 5.74) is 2.75. The Morgan fingerprint density at radius 2 is 1.74 bits per heavy atom. The second-order valence-corrected chi connectivity index (χ2v) is 5.61. The van der Waals surface area contributed by atoms with Crippen molar-refractivity contribution in [2.24, 2.45) is 5.92 Å². The van der Waals surface area contributed by atoms with Gasteiger partial charge in [-0.25, -0.2) is 0 Å². The SMILES string of the molecule is Cc1ccc(CNC2CN3CCC2CC3)cc1.Cl.Cl. The molecule has 1 aromatic rings. The molecule has 3 saturated heterocycles. The maximum Gasteiger partial charge on any atom is 0.0227 e. The van der Waals surface area contributed by atoms with E-state index >= 15 is 0 Å². The van der Waals surface area contributed by atoms with E-state index in [4.69, 9.17) is 0 Å². The maximum absolute atomic E-state index is 3.75. The summed E-state index contributed by atoms with van der Waals surface area (Å²) in [6.07, 6.45) is 2.79. The van der Waals surface area contributed by atoms with Crippen LogP contribution >= 0.6 is 24.8 Å². The van der Waals surface area contributed by atoms with Crippen molar-refractivity contribution in [2.75, 3.05) is 19.6 Å². The van der Waals surface area contributed by atoms with Crippen LogP contribution in [0.15, 0.2) is 24.3 Å². The second kappa shape index (κ2) is 7.49. The van der Waals surface area contributed by atoms with Gasteiger partial charge in [-0.3, -0.25) is 0 Å². The lowest BCUT2D eigenvalue weighted by Gasteiger charge is -2.45. The molecule has 2 bridgehead atoms. The molecule has 1 N–H and O–H groups in total. The fraction of sp³-hybridized carbons (Fsp3) is 0.600. The predicted molar refractivity (Wildman–Crippen MR) is 85.5 cm³/mol. The monoisotopic (exact) mass is 302 g/mol. The Bertz CT molecular complexity index is 372.